The van der Waals surface area contributed by atoms with Gasteiger partial charge in [0.25, 0.3) is 0 Å². The van der Waals surface area contributed by atoms with Crippen LogP contribution in [0, 0.1) is 5.41 Å². The minimum absolute atomic E-state index is 0.0700. The maximum absolute atomic E-state index is 6.34. The second-order valence-corrected chi connectivity index (χ2v) is 7.10. The van der Waals surface area contributed by atoms with Crippen LogP contribution in [0.15, 0.2) is 52.5 Å². The molecule has 0 fully saturated rings. The number of fused-ring (bicyclic) bond motifs is 3. The molecule has 2 heterocycles. The van der Waals surface area contributed by atoms with E-state index >= 15 is 0 Å². The Morgan fingerprint density at radius 2 is 2.05 bits per heavy atom. The van der Waals surface area contributed by atoms with Crippen LogP contribution in [0.2, 0.25) is 0 Å². The Morgan fingerprint density at radius 1 is 1.23 bits per heavy atom. The van der Waals surface area contributed by atoms with Crippen molar-refractivity contribution < 1.29 is 4.74 Å². The van der Waals surface area contributed by atoms with Gasteiger partial charge in [0.1, 0.15) is 17.6 Å². The Labute approximate surface area is 130 Å². The Morgan fingerprint density at radius 3 is 2.86 bits per heavy atom. The van der Waals surface area contributed by atoms with Crippen molar-refractivity contribution in [3.63, 3.8) is 0 Å². The molecule has 1 N–H and O–H groups in total. The lowest BCUT2D eigenvalue weighted by Crippen LogP contribution is -2.31. The summed E-state index contributed by atoms with van der Waals surface area (Å²) < 4.78 is 6.34. The third-order valence-electron chi connectivity index (χ3n) is 4.53. The lowest BCUT2D eigenvalue weighted by atomic mass is 9.84. The average molecular weight is 292 g/mol. The van der Waals surface area contributed by atoms with Gasteiger partial charge in [-0.3, -0.25) is 5.43 Å². The van der Waals surface area contributed by atoms with Gasteiger partial charge in [-0.1, -0.05) is 45.0 Å². The molecule has 2 aliphatic heterocycles. The molecule has 1 aromatic carbocycles. The van der Waals surface area contributed by atoms with E-state index in [1.165, 1.54) is 21.6 Å². The van der Waals surface area contributed by atoms with E-state index in [1.807, 2.05) is 6.08 Å². The van der Waals surface area contributed by atoms with E-state index in [2.05, 4.69) is 61.6 Å². The van der Waals surface area contributed by atoms with Crippen LogP contribution in [0.25, 0.3) is 11.6 Å². The molecule has 1 aromatic rings. The zero-order valence-electron chi connectivity index (χ0n) is 13.2. The minimum Gasteiger partial charge on any atom is -0.487 e. The molecule has 0 aromatic heterocycles. The minimum atomic E-state index is 0.0700. The molecular weight excluding hydrogens is 272 g/mol. The number of hydrogen-bond donors (Lipinski definition) is 1. The quantitative estimate of drug-likeness (QED) is 0.795. The molecule has 1 aliphatic carbocycles. The van der Waals surface area contributed by atoms with Crippen LogP contribution in [-0.2, 0) is 4.74 Å². The highest BCUT2D eigenvalue weighted by Gasteiger charge is 2.34. The molecule has 0 saturated carbocycles. The predicted molar refractivity (Wildman–Crippen MR) is 89.2 cm³/mol. The summed E-state index contributed by atoms with van der Waals surface area (Å²) in [6, 6.07) is 8.57. The number of hydrogen-bond acceptors (Lipinski definition) is 3. The molecule has 0 amide bonds. The van der Waals surface area contributed by atoms with Crippen molar-refractivity contribution in [2.45, 2.75) is 33.3 Å². The number of benzene rings is 1. The van der Waals surface area contributed by atoms with Gasteiger partial charge in [0.05, 0.1) is 6.21 Å². The predicted octanol–water partition coefficient (Wildman–Crippen LogP) is 2.19. The fourth-order valence-electron chi connectivity index (χ4n) is 3.23. The zero-order valence-corrected chi connectivity index (χ0v) is 13.2. The monoisotopic (exact) mass is 292 g/mol. The van der Waals surface area contributed by atoms with Crippen LogP contribution in [0.3, 0.4) is 0 Å². The summed E-state index contributed by atoms with van der Waals surface area (Å²) in [5.41, 5.74) is 6.78. The molecule has 22 heavy (non-hydrogen) atoms. The van der Waals surface area contributed by atoms with Gasteiger partial charge in [-0.05, 0) is 27.5 Å². The first-order valence-electron chi connectivity index (χ1n) is 7.75. The van der Waals surface area contributed by atoms with Crippen LogP contribution in [-0.4, -0.2) is 12.3 Å². The normalized spacial score (nSPS) is 22.6. The van der Waals surface area contributed by atoms with E-state index in [4.69, 9.17) is 4.74 Å². The lowest BCUT2D eigenvalue weighted by molar-refractivity contribution is 0.0358. The molecule has 112 valence electrons. The molecule has 1 unspecified atom stereocenters. The first kappa shape index (κ1) is 13.4. The van der Waals surface area contributed by atoms with Gasteiger partial charge in [-0.2, -0.15) is 5.10 Å². The van der Waals surface area contributed by atoms with Crippen molar-refractivity contribution in [1.82, 2.24) is 5.43 Å². The summed E-state index contributed by atoms with van der Waals surface area (Å²) in [4.78, 5) is 0. The highest BCUT2D eigenvalue weighted by atomic mass is 16.5. The van der Waals surface area contributed by atoms with Crippen molar-refractivity contribution >= 4 is 17.9 Å². The second-order valence-electron chi connectivity index (χ2n) is 7.10. The van der Waals surface area contributed by atoms with Gasteiger partial charge >= 0.3 is 0 Å². The Hall–Kier alpha value is -2.29. The summed E-state index contributed by atoms with van der Waals surface area (Å²) in [6.45, 7) is 6.70. The SMILES string of the molecule is CC(C)(C)C1CC2=c3ccccc3=CC2=C2NN=CC=C2O1. The van der Waals surface area contributed by atoms with Gasteiger partial charge in [-0.25, -0.2) is 0 Å². The summed E-state index contributed by atoms with van der Waals surface area (Å²) in [6.07, 6.45) is 7.00. The molecular formula is C19H20N2O. The van der Waals surface area contributed by atoms with Crippen molar-refractivity contribution in [1.29, 1.82) is 0 Å². The fourth-order valence-corrected chi connectivity index (χ4v) is 3.23. The maximum Gasteiger partial charge on any atom is 0.146 e. The number of nitrogens with one attached hydrogen (secondary N) is 1. The fraction of sp³-hybridized carbons (Fsp3) is 0.316. The van der Waals surface area contributed by atoms with Gasteiger partial charge in [0, 0.05) is 18.1 Å². The molecule has 0 radical (unpaired) electrons. The van der Waals surface area contributed by atoms with Crippen molar-refractivity contribution in [2.24, 2.45) is 10.5 Å². The average Bonchev–Trinajstić information content (AvgIpc) is 2.76. The molecule has 0 spiro atoms. The summed E-state index contributed by atoms with van der Waals surface area (Å²) in [5, 5.41) is 6.79. The molecule has 3 aliphatic rings. The van der Waals surface area contributed by atoms with Gasteiger partial charge < -0.3 is 4.74 Å². The van der Waals surface area contributed by atoms with E-state index in [0.29, 0.717) is 0 Å². The first-order valence-corrected chi connectivity index (χ1v) is 7.75. The topological polar surface area (TPSA) is 33.6 Å². The molecule has 3 heteroatoms. The molecule has 0 saturated heterocycles. The zero-order chi connectivity index (χ0) is 15.3. The van der Waals surface area contributed by atoms with Gasteiger partial charge in [0.15, 0.2) is 0 Å². The van der Waals surface area contributed by atoms with Gasteiger partial charge in [0.2, 0.25) is 0 Å². The van der Waals surface area contributed by atoms with E-state index in [-0.39, 0.29) is 11.5 Å². The Bertz CT molecular complexity index is 850. The number of ether oxygens (including phenoxy) is 1. The van der Waals surface area contributed by atoms with Crippen molar-refractivity contribution in [2.75, 3.05) is 0 Å². The van der Waals surface area contributed by atoms with Crippen molar-refractivity contribution in [3.05, 3.63) is 57.8 Å². The first-order chi connectivity index (χ1) is 10.5. The summed E-state index contributed by atoms with van der Waals surface area (Å²) in [5.74, 6) is 0.893. The van der Waals surface area contributed by atoms with E-state index in [9.17, 15) is 0 Å². The van der Waals surface area contributed by atoms with E-state index < -0.39 is 0 Å². The molecule has 1 atom stereocenters. The third-order valence-corrected chi connectivity index (χ3v) is 4.53. The van der Waals surface area contributed by atoms with Crippen LogP contribution < -0.4 is 15.9 Å². The smallest absolute Gasteiger partial charge is 0.146 e. The largest absolute Gasteiger partial charge is 0.487 e. The van der Waals surface area contributed by atoms with E-state index in [0.717, 1.165) is 17.9 Å². The second kappa shape index (κ2) is 4.60. The Balaban J connectivity index is 1.99. The lowest BCUT2D eigenvalue weighted by Gasteiger charge is -2.31. The highest BCUT2D eigenvalue weighted by molar-refractivity contribution is 5.86. The third kappa shape index (κ3) is 2.00. The number of rotatable bonds is 0. The maximum atomic E-state index is 6.34. The number of allylic oxidation sites excluding steroid dienone is 2. The Kier molecular flexibility index (Phi) is 2.80. The summed E-state index contributed by atoms with van der Waals surface area (Å²) >= 11 is 0. The molecule has 4 rings (SSSR count). The summed E-state index contributed by atoms with van der Waals surface area (Å²) in [7, 11) is 0. The molecule has 3 nitrogen and oxygen atoms in total. The standard InChI is InChI=1S/C19H20N2O/c1-19(2,3)17-11-14-13-7-5-4-6-12(13)10-15(14)18-16(22-17)8-9-20-21-18/h4-10,17,21H,11H2,1-3H3. The van der Waals surface area contributed by atoms with E-state index in [1.54, 1.807) is 6.21 Å². The number of hydrazone groups is 1. The molecule has 0 bridgehead atoms. The van der Waals surface area contributed by atoms with Crippen LogP contribution in [0.5, 0.6) is 0 Å². The van der Waals surface area contributed by atoms with Crippen LogP contribution >= 0.6 is 0 Å². The van der Waals surface area contributed by atoms with Gasteiger partial charge in [-0.15, -0.1) is 0 Å². The van der Waals surface area contributed by atoms with Crippen LogP contribution in [0.1, 0.15) is 27.2 Å². The highest BCUT2D eigenvalue weighted by Crippen LogP contribution is 2.39. The van der Waals surface area contributed by atoms with Crippen LogP contribution in [0.4, 0.5) is 0 Å². The van der Waals surface area contributed by atoms with Crippen molar-refractivity contribution in [3.8, 4) is 0 Å². The number of nitrogens with zero attached hydrogens (tertiary/aromatic N) is 1.